The molecule has 1 aliphatic carbocycles. The molecule has 1 aliphatic rings. The Balaban J connectivity index is 1.97. The lowest BCUT2D eigenvalue weighted by Crippen LogP contribution is -2.93. The largest absolute Gasteiger partial charge is 0.337 e. The van der Waals surface area contributed by atoms with Gasteiger partial charge in [-0.05, 0) is 64.2 Å². The molecule has 0 aromatic carbocycles. The molecule has 0 fully saturated rings. The average molecular weight is 314 g/mol. The number of fused-ring (bicyclic) bond motifs is 1. The standard InChI is InChI=1S/C18H23N3S/c1-18(2,3)20-12-13-7-6-10-21(13)17-15(11-19)14-8-4-5-9-16(14)22-17/h6-7,10,20H,4-5,8-9,12H2,1-3H3/p+1. The third kappa shape index (κ3) is 2.97. The maximum Gasteiger partial charge on any atom is 0.118 e. The van der Waals surface area contributed by atoms with Gasteiger partial charge in [-0.3, -0.25) is 0 Å². The fourth-order valence-electron chi connectivity index (χ4n) is 3.03. The second-order valence-corrected chi connectivity index (χ2v) is 8.23. The van der Waals surface area contributed by atoms with Gasteiger partial charge in [0.25, 0.3) is 0 Å². The number of aromatic nitrogens is 1. The van der Waals surface area contributed by atoms with Gasteiger partial charge in [-0.15, -0.1) is 11.3 Å². The molecule has 22 heavy (non-hydrogen) atoms. The Morgan fingerprint density at radius 3 is 2.82 bits per heavy atom. The quantitative estimate of drug-likeness (QED) is 0.929. The Kier molecular flexibility index (Phi) is 4.12. The molecule has 0 saturated heterocycles. The van der Waals surface area contributed by atoms with Gasteiger partial charge < -0.3 is 9.88 Å². The maximum atomic E-state index is 9.65. The maximum absolute atomic E-state index is 9.65. The Bertz CT molecular complexity index is 710. The van der Waals surface area contributed by atoms with Gasteiger partial charge >= 0.3 is 0 Å². The summed E-state index contributed by atoms with van der Waals surface area (Å²) in [5.41, 5.74) is 3.70. The SMILES string of the molecule is CC(C)(C)[NH2+]Cc1cccn1-c1sc2c(c1C#N)CCCC2. The number of nitrogens with two attached hydrogens (primary N) is 1. The van der Waals surface area contributed by atoms with Crippen LogP contribution in [0.2, 0.25) is 0 Å². The number of hydrogen-bond donors (Lipinski definition) is 1. The molecule has 0 saturated carbocycles. The minimum Gasteiger partial charge on any atom is -0.337 e. The second-order valence-electron chi connectivity index (χ2n) is 7.15. The summed E-state index contributed by atoms with van der Waals surface area (Å²) in [6.07, 6.45) is 6.78. The van der Waals surface area contributed by atoms with Gasteiger partial charge in [-0.1, -0.05) is 0 Å². The van der Waals surface area contributed by atoms with Crippen LogP contribution >= 0.6 is 11.3 Å². The number of rotatable bonds is 3. The minimum absolute atomic E-state index is 0.210. The van der Waals surface area contributed by atoms with Crippen molar-refractivity contribution in [2.24, 2.45) is 0 Å². The fraction of sp³-hybridized carbons (Fsp3) is 0.500. The van der Waals surface area contributed by atoms with E-state index in [1.54, 1.807) is 0 Å². The lowest BCUT2D eigenvalue weighted by molar-refractivity contribution is -0.732. The van der Waals surface area contributed by atoms with Gasteiger partial charge in [0.15, 0.2) is 0 Å². The van der Waals surface area contributed by atoms with Gasteiger partial charge in [0.2, 0.25) is 0 Å². The third-order valence-corrected chi connectivity index (χ3v) is 5.53. The first-order valence-electron chi connectivity index (χ1n) is 8.05. The molecule has 2 aromatic rings. The Labute approximate surface area is 136 Å². The smallest absolute Gasteiger partial charge is 0.118 e. The van der Waals surface area contributed by atoms with E-state index in [0.29, 0.717) is 0 Å². The molecule has 3 rings (SSSR count). The van der Waals surface area contributed by atoms with Gasteiger partial charge in [0.05, 0.1) is 16.8 Å². The highest BCUT2D eigenvalue weighted by atomic mass is 32.1. The highest BCUT2D eigenvalue weighted by molar-refractivity contribution is 7.15. The molecule has 0 unspecified atom stereocenters. The first-order valence-corrected chi connectivity index (χ1v) is 8.87. The summed E-state index contributed by atoms with van der Waals surface area (Å²) in [6.45, 7) is 7.62. The van der Waals surface area contributed by atoms with Gasteiger partial charge in [-0.2, -0.15) is 5.26 Å². The van der Waals surface area contributed by atoms with E-state index < -0.39 is 0 Å². The Hall–Kier alpha value is -1.57. The summed E-state index contributed by atoms with van der Waals surface area (Å²) >= 11 is 1.82. The van der Waals surface area contributed by atoms with Crippen molar-refractivity contribution >= 4 is 11.3 Å². The monoisotopic (exact) mass is 314 g/mol. The molecule has 4 heteroatoms. The van der Waals surface area contributed by atoms with Crippen LogP contribution in [0.25, 0.3) is 5.00 Å². The van der Waals surface area contributed by atoms with Crippen molar-refractivity contribution in [3.05, 3.63) is 40.0 Å². The second kappa shape index (κ2) is 5.91. The van der Waals surface area contributed by atoms with Crippen LogP contribution in [-0.2, 0) is 19.4 Å². The van der Waals surface area contributed by atoms with Crippen molar-refractivity contribution < 1.29 is 5.32 Å². The summed E-state index contributed by atoms with van der Waals surface area (Å²) in [4.78, 5) is 1.43. The van der Waals surface area contributed by atoms with Crippen LogP contribution in [0.1, 0.15) is 55.3 Å². The molecular formula is C18H24N3S+. The highest BCUT2D eigenvalue weighted by Crippen LogP contribution is 2.36. The molecule has 116 valence electrons. The zero-order valence-electron chi connectivity index (χ0n) is 13.6. The van der Waals surface area contributed by atoms with Crippen LogP contribution in [-0.4, -0.2) is 10.1 Å². The Morgan fingerprint density at radius 1 is 1.32 bits per heavy atom. The van der Waals surface area contributed by atoms with E-state index in [-0.39, 0.29) is 5.54 Å². The summed E-state index contributed by atoms with van der Waals surface area (Å²) < 4.78 is 2.23. The minimum atomic E-state index is 0.210. The molecule has 0 aliphatic heterocycles. The molecular weight excluding hydrogens is 290 g/mol. The number of thiophene rings is 1. The summed E-state index contributed by atoms with van der Waals surface area (Å²) in [5.74, 6) is 0. The first kappa shape index (κ1) is 15.3. The molecule has 0 spiro atoms. The predicted octanol–water partition coefficient (Wildman–Crippen LogP) is 3.15. The molecule has 0 atom stereocenters. The number of hydrogen-bond acceptors (Lipinski definition) is 2. The van der Waals surface area contributed by atoms with Crippen LogP contribution in [0, 0.1) is 11.3 Å². The number of nitriles is 1. The van der Waals surface area contributed by atoms with E-state index in [9.17, 15) is 5.26 Å². The first-order chi connectivity index (χ1) is 10.5. The third-order valence-electron chi connectivity index (χ3n) is 4.24. The molecule has 2 N–H and O–H groups in total. The molecule has 0 radical (unpaired) electrons. The van der Waals surface area contributed by atoms with Crippen molar-refractivity contribution in [1.29, 1.82) is 5.26 Å². The van der Waals surface area contributed by atoms with E-state index in [1.807, 2.05) is 11.3 Å². The van der Waals surface area contributed by atoms with E-state index in [2.05, 4.69) is 55.1 Å². The predicted molar refractivity (Wildman–Crippen MR) is 90.4 cm³/mol. The lowest BCUT2D eigenvalue weighted by Gasteiger charge is -2.17. The van der Waals surface area contributed by atoms with Crippen molar-refractivity contribution in [2.45, 2.75) is 58.5 Å². The van der Waals surface area contributed by atoms with Crippen LogP contribution in [0.5, 0.6) is 0 Å². The van der Waals surface area contributed by atoms with Crippen LogP contribution in [0.15, 0.2) is 18.3 Å². The topological polar surface area (TPSA) is 45.3 Å². The molecule has 0 amide bonds. The zero-order valence-corrected chi connectivity index (χ0v) is 14.5. The Morgan fingerprint density at radius 2 is 2.09 bits per heavy atom. The van der Waals surface area contributed by atoms with Crippen LogP contribution in [0.4, 0.5) is 0 Å². The number of nitrogens with zero attached hydrogens (tertiary/aromatic N) is 2. The molecule has 2 heterocycles. The molecule has 2 aromatic heterocycles. The highest BCUT2D eigenvalue weighted by Gasteiger charge is 2.23. The van der Waals surface area contributed by atoms with Gasteiger partial charge in [-0.25, -0.2) is 0 Å². The zero-order chi connectivity index (χ0) is 15.7. The van der Waals surface area contributed by atoms with E-state index in [0.717, 1.165) is 30.0 Å². The number of aryl methyl sites for hydroxylation is 1. The van der Waals surface area contributed by atoms with Crippen molar-refractivity contribution in [1.82, 2.24) is 4.57 Å². The van der Waals surface area contributed by atoms with E-state index in [4.69, 9.17) is 0 Å². The summed E-state index contributed by atoms with van der Waals surface area (Å²) in [7, 11) is 0. The molecule has 0 bridgehead atoms. The van der Waals surface area contributed by atoms with Crippen molar-refractivity contribution in [2.75, 3.05) is 0 Å². The van der Waals surface area contributed by atoms with E-state index in [1.165, 1.54) is 29.0 Å². The van der Waals surface area contributed by atoms with Gasteiger partial charge in [0.1, 0.15) is 17.6 Å². The lowest BCUT2D eigenvalue weighted by atomic mass is 9.96. The molecule has 3 nitrogen and oxygen atoms in total. The number of quaternary nitrogens is 1. The van der Waals surface area contributed by atoms with Crippen LogP contribution in [0.3, 0.4) is 0 Å². The van der Waals surface area contributed by atoms with Crippen LogP contribution < -0.4 is 5.32 Å². The average Bonchev–Trinajstić information content (AvgIpc) is 3.07. The van der Waals surface area contributed by atoms with Crippen molar-refractivity contribution in [3.8, 4) is 11.1 Å². The van der Waals surface area contributed by atoms with E-state index >= 15 is 0 Å². The normalized spacial score (nSPS) is 14.6. The van der Waals surface area contributed by atoms with Gasteiger partial charge in [0, 0.05) is 11.1 Å². The fourth-order valence-corrected chi connectivity index (χ4v) is 4.38. The summed E-state index contributed by atoms with van der Waals surface area (Å²) in [6, 6.07) is 6.73. The van der Waals surface area contributed by atoms with Crippen molar-refractivity contribution in [3.63, 3.8) is 0 Å². The summed E-state index contributed by atoms with van der Waals surface area (Å²) in [5, 5.41) is 13.1.